The fraction of sp³-hybridized carbons (Fsp3) is 0.233. The van der Waals surface area contributed by atoms with Crippen LogP contribution in [0.15, 0.2) is 71.3 Å². The van der Waals surface area contributed by atoms with E-state index in [4.69, 9.17) is 23.4 Å². The van der Waals surface area contributed by atoms with E-state index in [2.05, 4.69) is 5.32 Å². The van der Waals surface area contributed by atoms with Gasteiger partial charge < -0.3 is 33.2 Å². The molecular weight excluding hydrogens is 516 g/mol. The topological polar surface area (TPSA) is 118 Å². The zero-order chi connectivity index (χ0) is 28.6. The maximum absolute atomic E-state index is 12.9. The van der Waals surface area contributed by atoms with Crippen LogP contribution in [-0.4, -0.2) is 49.7 Å². The lowest BCUT2D eigenvalue weighted by Crippen LogP contribution is -2.20. The van der Waals surface area contributed by atoms with Crippen molar-refractivity contribution in [3.63, 3.8) is 0 Å². The molecule has 0 unspecified atom stereocenters. The summed E-state index contributed by atoms with van der Waals surface area (Å²) in [6.45, 7) is 3.51. The number of carbonyl (C=O) groups excluding carboxylic acids is 3. The molecule has 10 nitrogen and oxygen atoms in total. The number of nitrogens with one attached hydrogen (secondary N) is 1. The standard InChI is InChI=1S/C30H30N2O8/c1-19-14-23(20(2)32(19)16-22-8-7-13-38-22)25(33)17-40-30(35)21-11-12-27(28(15-21)37-4)39-18-29(34)31-24-9-5-6-10-26(24)36-3/h5-15H,16-18H2,1-4H3,(H,31,34). The smallest absolute Gasteiger partial charge is 0.338 e. The van der Waals surface area contributed by atoms with Crippen molar-refractivity contribution < 1.29 is 37.7 Å². The maximum Gasteiger partial charge on any atom is 0.338 e. The van der Waals surface area contributed by atoms with Gasteiger partial charge in [0.25, 0.3) is 5.91 Å². The van der Waals surface area contributed by atoms with Crippen LogP contribution in [-0.2, 0) is 16.1 Å². The van der Waals surface area contributed by atoms with Gasteiger partial charge in [0.15, 0.2) is 24.7 Å². The molecule has 4 aromatic rings. The van der Waals surface area contributed by atoms with Crippen LogP contribution in [0.2, 0.25) is 0 Å². The third kappa shape index (κ3) is 6.52. The third-order valence-electron chi connectivity index (χ3n) is 6.24. The van der Waals surface area contributed by atoms with Crippen molar-refractivity contribution in [2.45, 2.75) is 20.4 Å². The van der Waals surface area contributed by atoms with Crippen molar-refractivity contribution in [3.8, 4) is 17.2 Å². The zero-order valence-corrected chi connectivity index (χ0v) is 22.7. The Kier molecular flexibility index (Phi) is 8.90. The van der Waals surface area contributed by atoms with Gasteiger partial charge in [0.2, 0.25) is 5.78 Å². The molecule has 2 aromatic carbocycles. The van der Waals surface area contributed by atoms with E-state index in [1.165, 1.54) is 32.4 Å². The molecule has 0 atom stereocenters. The molecule has 0 radical (unpaired) electrons. The quantitative estimate of drug-likeness (QED) is 0.199. The molecule has 0 fully saturated rings. The number of carbonyl (C=O) groups is 3. The predicted molar refractivity (Wildman–Crippen MR) is 146 cm³/mol. The number of rotatable bonds is 12. The average molecular weight is 547 g/mol. The lowest BCUT2D eigenvalue weighted by Gasteiger charge is -2.13. The monoisotopic (exact) mass is 546 g/mol. The van der Waals surface area contributed by atoms with Crippen LogP contribution in [0.5, 0.6) is 17.2 Å². The van der Waals surface area contributed by atoms with E-state index < -0.39 is 18.5 Å². The zero-order valence-electron chi connectivity index (χ0n) is 22.7. The van der Waals surface area contributed by atoms with Crippen molar-refractivity contribution in [2.24, 2.45) is 0 Å². The van der Waals surface area contributed by atoms with Crippen molar-refractivity contribution in [3.05, 3.63) is 95.2 Å². The fourth-order valence-electron chi connectivity index (χ4n) is 4.17. The van der Waals surface area contributed by atoms with Crippen molar-refractivity contribution in [2.75, 3.05) is 32.8 Å². The number of furan rings is 1. The first-order valence-corrected chi connectivity index (χ1v) is 12.4. The number of ether oxygens (including phenoxy) is 4. The SMILES string of the molecule is COc1ccccc1NC(=O)COc1ccc(C(=O)OCC(=O)c2cc(C)n(Cc3ccco3)c2C)cc1OC. The van der Waals surface area contributed by atoms with Crippen molar-refractivity contribution in [1.29, 1.82) is 0 Å². The van der Waals surface area contributed by atoms with Crippen LogP contribution in [0.4, 0.5) is 5.69 Å². The molecular formula is C30H30N2O8. The van der Waals surface area contributed by atoms with E-state index in [-0.39, 0.29) is 29.5 Å². The Morgan fingerprint density at radius 2 is 1.65 bits per heavy atom. The lowest BCUT2D eigenvalue weighted by molar-refractivity contribution is -0.118. The normalized spacial score (nSPS) is 10.6. The Bertz CT molecular complexity index is 1500. The van der Waals surface area contributed by atoms with Gasteiger partial charge in [0.1, 0.15) is 11.5 Å². The second-order valence-electron chi connectivity index (χ2n) is 8.85. The number of anilines is 1. The van der Waals surface area contributed by atoms with Gasteiger partial charge in [-0.05, 0) is 62.4 Å². The number of amides is 1. The first kappa shape index (κ1) is 28.0. The summed E-state index contributed by atoms with van der Waals surface area (Å²) >= 11 is 0. The summed E-state index contributed by atoms with van der Waals surface area (Å²) in [5, 5.41) is 2.72. The molecule has 208 valence electrons. The molecule has 0 bridgehead atoms. The fourth-order valence-corrected chi connectivity index (χ4v) is 4.17. The molecule has 2 aromatic heterocycles. The highest BCUT2D eigenvalue weighted by molar-refractivity contribution is 6.00. The number of ketones is 1. The summed E-state index contributed by atoms with van der Waals surface area (Å²) in [5.41, 5.74) is 2.80. The summed E-state index contributed by atoms with van der Waals surface area (Å²) in [7, 11) is 2.92. The summed E-state index contributed by atoms with van der Waals surface area (Å²) in [4.78, 5) is 37.9. The van der Waals surface area contributed by atoms with E-state index in [9.17, 15) is 14.4 Å². The first-order valence-electron chi connectivity index (χ1n) is 12.4. The van der Waals surface area contributed by atoms with Crippen molar-refractivity contribution >= 4 is 23.3 Å². The van der Waals surface area contributed by atoms with E-state index in [0.717, 1.165) is 17.1 Å². The minimum absolute atomic E-state index is 0.166. The number of aromatic nitrogens is 1. The molecule has 0 saturated heterocycles. The summed E-state index contributed by atoms with van der Waals surface area (Å²) in [5.74, 6) is 0.354. The Labute approximate surface area is 231 Å². The van der Waals surface area contributed by atoms with Crippen LogP contribution in [0.25, 0.3) is 0 Å². The maximum atomic E-state index is 12.9. The molecule has 10 heteroatoms. The highest BCUT2D eigenvalue weighted by Gasteiger charge is 2.20. The third-order valence-corrected chi connectivity index (χ3v) is 6.24. The Balaban J connectivity index is 1.34. The Hall–Kier alpha value is -4.99. The molecule has 0 saturated carbocycles. The van der Waals surface area contributed by atoms with Gasteiger partial charge >= 0.3 is 5.97 Å². The van der Waals surface area contributed by atoms with Crippen LogP contribution < -0.4 is 19.5 Å². The molecule has 1 amide bonds. The number of Topliss-reactive ketones (excluding diaryl/α,β-unsaturated/α-hetero) is 1. The van der Waals surface area contributed by atoms with Gasteiger partial charge in [-0.3, -0.25) is 9.59 Å². The Morgan fingerprint density at radius 3 is 2.38 bits per heavy atom. The van der Waals surface area contributed by atoms with E-state index in [1.54, 1.807) is 36.6 Å². The molecule has 4 rings (SSSR count). The molecule has 40 heavy (non-hydrogen) atoms. The molecule has 0 spiro atoms. The van der Waals surface area contributed by atoms with Gasteiger partial charge in [-0.25, -0.2) is 4.79 Å². The largest absolute Gasteiger partial charge is 0.495 e. The second-order valence-corrected chi connectivity index (χ2v) is 8.85. The number of aryl methyl sites for hydroxylation is 1. The van der Waals surface area contributed by atoms with Crippen LogP contribution in [0.3, 0.4) is 0 Å². The van der Waals surface area contributed by atoms with Gasteiger partial charge in [-0.15, -0.1) is 0 Å². The van der Waals surface area contributed by atoms with E-state index in [0.29, 0.717) is 23.5 Å². The molecule has 1 N–H and O–H groups in total. The van der Waals surface area contributed by atoms with E-state index >= 15 is 0 Å². The van der Waals surface area contributed by atoms with Crippen LogP contribution >= 0.6 is 0 Å². The van der Waals surface area contributed by atoms with Crippen LogP contribution in [0.1, 0.15) is 37.9 Å². The minimum atomic E-state index is -0.698. The van der Waals surface area contributed by atoms with Gasteiger partial charge in [0, 0.05) is 17.0 Å². The molecule has 0 aliphatic heterocycles. The molecule has 2 heterocycles. The highest BCUT2D eigenvalue weighted by atomic mass is 16.5. The first-order chi connectivity index (χ1) is 19.3. The number of hydrogen-bond donors (Lipinski definition) is 1. The number of hydrogen-bond acceptors (Lipinski definition) is 8. The number of benzene rings is 2. The van der Waals surface area contributed by atoms with Crippen molar-refractivity contribution in [1.82, 2.24) is 4.57 Å². The van der Waals surface area contributed by atoms with E-state index in [1.807, 2.05) is 30.5 Å². The number of methoxy groups -OCH3 is 2. The van der Waals surface area contributed by atoms with Gasteiger partial charge in [-0.1, -0.05) is 12.1 Å². The summed E-state index contributed by atoms with van der Waals surface area (Å²) in [6, 6.07) is 16.8. The Morgan fingerprint density at radius 1 is 0.875 bits per heavy atom. The average Bonchev–Trinajstić information content (AvgIpc) is 3.58. The second kappa shape index (κ2) is 12.7. The van der Waals surface area contributed by atoms with Gasteiger partial charge in [-0.2, -0.15) is 0 Å². The molecule has 0 aliphatic rings. The minimum Gasteiger partial charge on any atom is -0.495 e. The predicted octanol–water partition coefficient (Wildman–Crippen LogP) is 4.82. The summed E-state index contributed by atoms with van der Waals surface area (Å²) < 4.78 is 28.8. The van der Waals surface area contributed by atoms with Gasteiger partial charge in [0.05, 0.1) is 38.3 Å². The van der Waals surface area contributed by atoms with Crippen LogP contribution in [0, 0.1) is 13.8 Å². The highest BCUT2D eigenvalue weighted by Crippen LogP contribution is 2.29. The number of esters is 1. The number of para-hydroxylation sites is 2. The molecule has 0 aliphatic carbocycles. The number of nitrogens with zero attached hydrogens (tertiary/aromatic N) is 1. The lowest BCUT2D eigenvalue weighted by atomic mass is 10.1. The summed E-state index contributed by atoms with van der Waals surface area (Å²) in [6.07, 6.45) is 1.60.